The van der Waals surface area contributed by atoms with Crippen molar-refractivity contribution in [3.63, 3.8) is 0 Å². The van der Waals surface area contributed by atoms with Crippen LogP contribution in [0.4, 0.5) is 68.2 Å². The van der Waals surface area contributed by atoms with Crippen LogP contribution in [0.5, 0.6) is 0 Å². The Morgan fingerprint density at radius 3 is 1.22 bits per heavy atom. The molecule has 0 aliphatic carbocycles. The fourth-order valence-electron chi connectivity index (χ4n) is 14.8. The van der Waals surface area contributed by atoms with Crippen LogP contribution >= 0.6 is 23.5 Å². The Morgan fingerprint density at radius 1 is 0.293 bits per heavy atom. The van der Waals surface area contributed by atoms with Gasteiger partial charge in [-0.25, -0.2) is 0 Å². The number of para-hydroxylation sites is 7. The van der Waals surface area contributed by atoms with Crippen LogP contribution < -0.4 is 52.4 Å². The average Bonchev–Trinajstić information content (AvgIpc) is 0.696. The molecular formula is C84H64B2N4S2. The number of hydrogen-bond acceptors (Lipinski definition) is 6. The van der Waals surface area contributed by atoms with Crippen molar-refractivity contribution in [2.24, 2.45) is 0 Å². The molecule has 13 aromatic rings. The number of benzene rings is 13. The first-order valence-electron chi connectivity index (χ1n) is 32.2. The molecule has 8 heteroatoms. The van der Waals surface area contributed by atoms with Crippen LogP contribution in [-0.2, 0) is 0 Å². The maximum atomic E-state index is 2.71. The first-order chi connectivity index (χ1) is 45.3. The molecule has 0 unspecified atom stereocenters. The van der Waals surface area contributed by atoms with E-state index in [0.29, 0.717) is 11.8 Å². The van der Waals surface area contributed by atoms with E-state index >= 15 is 0 Å². The molecule has 0 atom stereocenters. The zero-order valence-corrected chi connectivity index (χ0v) is 53.4. The maximum Gasteiger partial charge on any atom is 0.249 e. The lowest BCUT2D eigenvalue weighted by Crippen LogP contribution is -2.64. The largest absolute Gasteiger partial charge is 0.311 e. The molecule has 0 radical (unpaired) electrons. The number of rotatable bonds is 12. The van der Waals surface area contributed by atoms with E-state index < -0.39 is 0 Å². The van der Waals surface area contributed by atoms with E-state index in [-0.39, 0.29) is 13.4 Å². The molecule has 4 heterocycles. The third-order valence-electron chi connectivity index (χ3n) is 19.1. The van der Waals surface area contributed by atoms with E-state index in [1.807, 2.05) is 23.5 Å². The van der Waals surface area contributed by atoms with E-state index in [9.17, 15) is 0 Å². The van der Waals surface area contributed by atoms with E-state index in [2.05, 4.69) is 351 Å². The van der Waals surface area contributed by atoms with E-state index in [1.54, 1.807) is 0 Å². The molecule has 438 valence electrons. The van der Waals surface area contributed by atoms with Crippen LogP contribution in [0.3, 0.4) is 0 Å². The highest BCUT2D eigenvalue weighted by atomic mass is 32.2. The van der Waals surface area contributed by atoms with Crippen LogP contribution in [0, 0.1) is 0 Å². The molecule has 0 aromatic heterocycles. The van der Waals surface area contributed by atoms with Crippen molar-refractivity contribution in [2.75, 3.05) is 19.6 Å². The fraction of sp³-hybridized carbons (Fsp3) is 0.0714. The first-order valence-corrected chi connectivity index (χ1v) is 33.8. The van der Waals surface area contributed by atoms with Gasteiger partial charge >= 0.3 is 0 Å². The zero-order chi connectivity index (χ0) is 61.6. The van der Waals surface area contributed by atoms with Crippen molar-refractivity contribution < 1.29 is 0 Å². The number of fused-ring (bicyclic) bond motifs is 8. The summed E-state index contributed by atoms with van der Waals surface area (Å²) in [6.45, 7) is 8.98. The third kappa shape index (κ3) is 9.41. The SMILES string of the molecule is CC(C)c1ccc(-c2cccc(-c3ccc(C(C)C)cc3)c2N2c3cc4c(cc3B3c5ccccc5Sc5cc(N(c6ccccc6)c6ccccc6)cc2c53)B2c3ccccc3N(c3ccccc3)c3cc(N(c5ccccc5)c5ccccc5)cc(c32)S4)cc1. The van der Waals surface area contributed by atoms with Crippen molar-refractivity contribution in [1.29, 1.82) is 0 Å². The van der Waals surface area contributed by atoms with E-state index in [0.717, 1.165) is 45.5 Å². The Balaban J connectivity index is 0.981. The van der Waals surface area contributed by atoms with Gasteiger partial charge in [0.1, 0.15) is 0 Å². The molecular weight excluding hydrogens is 1150 g/mol. The summed E-state index contributed by atoms with van der Waals surface area (Å²) >= 11 is 3.84. The fourth-order valence-corrected chi connectivity index (χ4v) is 17.2. The summed E-state index contributed by atoms with van der Waals surface area (Å²) in [5.74, 6) is 0.788. The van der Waals surface area contributed by atoms with Gasteiger partial charge in [0.15, 0.2) is 0 Å². The minimum atomic E-state index is -0.0885. The molecule has 4 nitrogen and oxygen atoms in total. The Labute approximate surface area is 549 Å². The molecule has 0 saturated heterocycles. The molecule has 4 aliphatic heterocycles. The van der Waals surface area contributed by atoms with Gasteiger partial charge in [-0.2, -0.15) is 0 Å². The topological polar surface area (TPSA) is 13.0 Å². The van der Waals surface area contributed by atoms with Crippen LogP contribution in [0.1, 0.15) is 50.7 Å². The normalized spacial score (nSPS) is 13.0. The maximum absolute atomic E-state index is 2.71. The van der Waals surface area contributed by atoms with Gasteiger partial charge in [0, 0.05) is 93.3 Å². The Morgan fingerprint density at radius 2 is 0.717 bits per heavy atom. The summed E-state index contributed by atoms with van der Waals surface area (Å²) in [6, 6.07) is 114. The van der Waals surface area contributed by atoms with Gasteiger partial charge in [0.2, 0.25) is 13.4 Å². The van der Waals surface area contributed by atoms with Crippen molar-refractivity contribution in [2.45, 2.75) is 59.1 Å². The second-order valence-electron chi connectivity index (χ2n) is 25.1. The summed E-state index contributed by atoms with van der Waals surface area (Å²) in [5.41, 5.74) is 28.9. The van der Waals surface area contributed by atoms with E-state index in [4.69, 9.17) is 0 Å². The molecule has 13 aromatic carbocycles. The summed E-state index contributed by atoms with van der Waals surface area (Å²) < 4.78 is 0. The molecule has 0 fully saturated rings. The van der Waals surface area contributed by atoms with Gasteiger partial charge in [-0.3, -0.25) is 0 Å². The molecule has 0 bridgehead atoms. The molecule has 0 spiro atoms. The molecule has 0 N–H and O–H groups in total. The van der Waals surface area contributed by atoms with E-state index in [1.165, 1.54) is 108 Å². The van der Waals surface area contributed by atoms with Crippen LogP contribution in [0.15, 0.2) is 323 Å². The summed E-state index contributed by atoms with van der Waals surface area (Å²) in [4.78, 5) is 15.1. The Hall–Kier alpha value is -10.1. The predicted molar refractivity (Wildman–Crippen MR) is 395 cm³/mol. The number of hydrogen-bond donors (Lipinski definition) is 0. The number of anilines is 12. The molecule has 92 heavy (non-hydrogen) atoms. The standard InChI is InChI=1S/C84H64B2N4S2/c1-55(2)57-41-45-59(46-42-57)68-35-24-36-69(60-47-43-58(44-48-60)56(3)4)84(68)90-75-54-79-73(53-72(75)86-71-38-21-23-40-78(71)91-80-51-67(50-77(90)83(80)86)88(63-29-14-7-15-30-63)64-31-16-8-17-32-64)85-70-37-20-22-39-74(70)89(65-33-18-9-19-34-65)76-49-66(52-81(92-79)82(76)85)87(61-25-10-5-11-26-61)62-27-12-6-13-28-62/h5-56H,1-4H3. The summed E-state index contributed by atoms with van der Waals surface area (Å²) in [5, 5.41) is 0. The van der Waals surface area contributed by atoms with Gasteiger partial charge in [0.25, 0.3) is 0 Å². The van der Waals surface area contributed by atoms with Gasteiger partial charge in [-0.15, -0.1) is 0 Å². The first kappa shape index (κ1) is 55.9. The monoisotopic (exact) mass is 1210 g/mol. The van der Waals surface area contributed by atoms with Crippen LogP contribution in [0.2, 0.25) is 0 Å². The van der Waals surface area contributed by atoms with Gasteiger partial charge in [0.05, 0.1) is 5.69 Å². The lowest BCUT2D eigenvalue weighted by Gasteiger charge is -2.44. The van der Waals surface area contributed by atoms with Crippen molar-refractivity contribution in [3.05, 3.63) is 314 Å². The Bertz CT molecular complexity index is 4800. The van der Waals surface area contributed by atoms with Gasteiger partial charge in [-0.05, 0) is 159 Å². The van der Waals surface area contributed by atoms with Crippen molar-refractivity contribution in [1.82, 2.24) is 0 Å². The highest BCUT2D eigenvalue weighted by Crippen LogP contribution is 2.53. The van der Waals surface area contributed by atoms with Crippen molar-refractivity contribution >= 4 is 138 Å². The quantitative estimate of drug-likeness (QED) is 0.112. The second kappa shape index (κ2) is 23.0. The Kier molecular flexibility index (Phi) is 14.0. The average molecular weight is 1220 g/mol. The van der Waals surface area contributed by atoms with Crippen LogP contribution in [0.25, 0.3) is 22.3 Å². The highest BCUT2D eigenvalue weighted by molar-refractivity contribution is 8.00. The second-order valence-corrected chi connectivity index (χ2v) is 27.3. The highest BCUT2D eigenvalue weighted by Gasteiger charge is 2.47. The smallest absolute Gasteiger partial charge is 0.249 e. The zero-order valence-electron chi connectivity index (χ0n) is 51.8. The molecule has 17 rings (SSSR count). The summed E-state index contributed by atoms with van der Waals surface area (Å²) in [6.07, 6.45) is 0. The lowest BCUT2D eigenvalue weighted by molar-refractivity contribution is 0.867. The minimum Gasteiger partial charge on any atom is -0.311 e. The molecule has 0 amide bonds. The predicted octanol–water partition coefficient (Wildman–Crippen LogP) is 19.7. The van der Waals surface area contributed by atoms with Crippen LogP contribution in [-0.4, -0.2) is 13.4 Å². The van der Waals surface area contributed by atoms with Gasteiger partial charge < -0.3 is 19.6 Å². The van der Waals surface area contributed by atoms with Gasteiger partial charge in [-0.1, -0.05) is 262 Å². The summed E-state index contributed by atoms with van der Waals surface area (Å²) in [7, 11) is 0. The molecule has 4 aliphatic rings. The van der Waals surface area contributed by atoms with Crippen molar-refractivity contribution in [3.8, 4) is 22.3 Å². The molecule has 0 saturated carbocycles. The number of nitrogens with zero attached hydrogens (tertiary/aromatic N) is 4. The lowest BCUT2D eigenvalue weighted by atomic mass is 9.31. The minimum absolute atomic E-state index is 0.0781. The third-order valence-corrected chi connectivity index (χ3v) is 21.4.